The molecule has 0 aliphatic heterocycles. The molecular formula is C17H21FN2O. The standard InChI is InChI=1S/C17H21FN2O/c1-12(2)20(13(3)4)17(21)14-7-8-16(15(18)11-14)19-9-5-6-10-19/h5-13H,1-4H3. The van der Waals surface area contributed by atoms with Crippen LogP contribution in [0, 0.1) is 5.82 Å². The van der Waals surface area contributed by atoms with Gasteiger partial charge in [-0.05, 0) is 58.0 Å². The van der Waals surface area contributed by atoms with Gasteiger partial charge in [0.2, 0.25) is 0 Å². The topological polar surface area (TPSA) is 25.2 Å². The van der Waals surface area contributed by atoms with Crippen LogP contribution in [0.1, 0.15) is 38.1 Å². The Bertz CT molecular complexity index is 610. The molecule has 0 saturated carbocycles. The van der Waals surface area contributed by atoms with Gasteiger partial charge in [-0.3, -0.25) is 4.79 Å². The number of hydrogen-bond acceptors (Lipinski definition) is 1. The van der Waals surface area contributed by atoms with Crippen molar-refractivity contribution in [3.05, 3.63) is 54.1 Å². The number of amides is 1. The Morgan fingerprint density at radius 1 is 1.10 bits per heavy atom. The Hall–Kier alpha value is -2.10. The third-order valence-electron chi connectivity index (χ3n) is 3.42. The van der Waals surface area contributed by atoms with Crippen LogP contribution in [0.2, 0.25) is 0 Å². The highest BCUT2D eigenvalue weighted by Crippen LogP contribution is 2.18. The van der Waals surface area contributed by atoms with E-state index in [0.717, 1.165) is 0 Å². The van der Waals surface area contributed by atoms with Crippen LogP contribution >= 0.6 is 0 Å². The van der Waals surface area contributed by atoms with Crippen molar-refractivity contribution in [1.82, 2.24) is 9.47 Å². The molecule has 0 saturated heterocycles. The highest BCUT2D eigenvalue weighted by atomic mass is 19.1. The van der Waals surface area contributed by atoms with Crippen LogP contribution in [0.25, 0.3) is 5.69 Å². The molecular weight excluding hydrogens is 267 g/mol. The highest BCUT2D eigenvalue weighted by Gasteiger charge is 2.22. The minimum absolute atomic E-state index is 0.0738. The first kappa shape index (κ1) is 15.3. The Labute approximate surface area is 125 Å². The molecule has 21 heavy (non-hydrogen) atoms. The Morgan fingerprint density at radius 2 is 1.67 bits per heavy atom. The molecule has 0 spiro atoms. The fourth-order valence-corrected chi connectivity index (χ4v) is 2.56. The van der Waals surface area contributed by atoms with E-state index in [1.165, 1.54) is 6.07 Å². The van der Waals surface area contributed by atoms with Crippen LogP contribution < -0.4 is 0 Å². The lowest BCUT2D eigenvalue weighted by molar-refractivity contribution is 0.0643. The van der Waals surface area contributed by atoms with Gasteiger partial charge in [0.15, 0.2) is 0 Å². The lowest BCUT2D eigenvalue weighted by atomic mass is 10.1. The summed E-state index contributed by atoms with van der Waals surface area (Å²) < 4.78 is 15.9. The molecule has 0 aliphatic carbocycles. The van der Waals surface area contributed by atoms with Gasteiger partial charge in [0, 0.05) is 30.0 Å². The van der Waals surface area contributed by atoms with Gasteiger partial charge in [-0.25, -0.2) is 4.39 Å². The number of benzene rings is 1. The molecule has 1 amide bonds. The molecule has 4 heteroatoms. The van der Waals surface area contributed by atoms with E-state index in [1.807, 2.05) is 39.8 Å². The van der Waals surface area contributed by atoms with E-state index >= 15 is 0 Å². The minimum atomic E-state index is -0.399. The van der Waals surface area contributed by atoms with Crippen molar-refractivity contribution >= 4 is 5.91 Å². The second kappa shape index (κ2) is 6.12. The lowest BCUT2D eigenvalue weighted by Gasteiger charge is -2.31. The van der Waals surface area contributed by atoms with Gasteiger partial charge in [0.25, 0.3) is 5.91 Å². The molecule has 0 atom stereocenters. The van der Waals surface area contributed by atoms with E-state index in [-0.39, 0.29) is 18.0 Å². The molecule has 0 aliphatic rings. The van der Waals surface area contributed by atoms with E-state index in [2.05, 4.69) is 0 Å². The molecule has 1 aromatic carbocycles. The fraction of sp³-hybridized carbons (Fsp3) is 0.353. The molecule has 0 fully saturated rings. The first-order valence-electron chi connectivity index (χ1n) is 7.17. The fourth-order valence-electron chi connectivity index (χ4n) is 2.56. The van der Waals surface area contributed by atoms with Crippen molar-refractivity contribution in [2.24, 2.45) is 0 Å². The molecule has 2 rings (SSSR count). The Balaban J connectivity index is 2.34. The molecule has 0 radical (unpaired) electrons. The molecule has 0 N–H and O–H groups in total. The quantitative estimate of drug-likeness (QED) is 0.838. The summed E-state index contributed by atoms with van der Waals surface area (Å²) in [5, 5.41) is 0. The van der Waals surface area contributed by atoms with Crippen molar-refractivity contribution < 1.29 is 9.18 Å². The molecule has 0 bridgehead atoms. The first-order valence-corrected chi connectivity index (χ1v) is 7.17. The van der Waals surface area contributed by atoms with Gasteiger partial charge in [-0.1, -0.05) is 0 Å². The normalized spacial score (nSPS) is 11.2. The average molecular weight is 288 g/mol. The summed E-state index contributed by atoms with van der Waals surface area (Å²) in [6.45, 7) is 7.84. The Morgan fingerprint density at radius 3 is 2.14 bits per heavy atom. The number of halogens is 1. The largest absolute Gasteiger partial charge is 0.334 e. The van der Waals surface area contributed by atoms with Crippen molar-refractivity contribution in [3.63, 3.8) is 0 Å². The number of nitrogens with zero attached hydrogens (tertiary/aromatic N) is 2. The number of carbonyl (C=O) groups is 1. The molecule has 112 valence electrons. The van der Waals surface area contributed by atoms with Gasteiger partial charge >= 0.3 is 0 Å². The van der Waals surface area contributed by atoms with Crippen molar-refractivity contribution in [2.45, 2.75) is 39.8 Å². The van der Waals surface area contributed by atoms with E-state index in [0.29, 0.717) is 11.3 Å². The number of rotatable bonds is 4. The zero-order chi connectivity index (χ0) is 15.6. The summed E-state index contributed by atoms with van der Waals surface area (Å²) in [5.74, 6) is -0.539. The van der Waals surface area contributed by atoms with Gasteiger partial charge in [0.05, 0.1) is 5.69 Å². The smallest absolute Gasteiger partial charge is 0.254 e. The van der Waals surface area contributed by atoms with E-state index in [1.54, 1.807) is 34.0 Å². The third kappa shape index (κ3) is 3.15. The predicted octanol–water partition coefficient (Wildman–Crippen LogP) is 3.88. The number of aromatic nitrogens is 1. The summed E-state index contributed by atoms with van der Waals surface area (Å²) >= 11 is 0. The van der Waals surface area contributed by atoms with Crippen LogP contribution in [0.4, 0.5) is 4.39 Å². The van der Waals surface area contributed by atoms with Crippen LogP contribution in [0.5, 0.6) is 0 Å². The maximum absolute atomic E-state index is 14.2. The van der Waals surface area contributed by atoms with E-state index < -0.39 is 5.82 Å². The van der Waals surface area contributed by atoms with Gasteiger partial charge < -0.3 is 9.47 Å². The van der Waals surface area contributed by atoms with Gasteiger partial charge in [-0.15, -0.1) is 0 Å². The highest BCUT2D eigenvalue weighted by molar-refractivity contribution is 5.94. The maximum Gasteiger partial charge on any atom is 0.254 e. The number of hydrogen-bond donors (Lipinski definition) is 0. The monoisotopic (exact) mass is 288 g/mol. The predicted molar refractivity (Wildman–Crippen MR) is 82.2 cm³/mol. The second-order valence-corrected chi connectivity index (χ2v) is 5.66. The average Bonchev–Trinajstić information content (AvgIpc) is 2.91. The first-order chi connectivity index (χ1) is 9.91. The molecule has 1 aromatic heterocycles. The molecule has 0 unspecified atom stereocenters. The van der Waals surface area contributed by atoms with Gasteiger partial charge in [-0.2, -0.15) is 0 Å². The van der Waals surface area contributed by atoms with Crippen LogP contribution in [0.15, 0.2) is 42.7 Å². The Kier molecular flexibility index (Phi) is 4.46. The van der Waals surface area contributed by atoms with Crippen molar-refractivity contribution in [1.29, 1.82) is 0 Å². The molecule has 2 aromatic rings. The van der Waals surface area contributed by atoms with E-state index in [9.17, 15) is 9.18 Å². The van der Waals surface area contributed by atoms with Gasteiger partial charge in [0.1, 0.15) is 5.82 Å². The second-order valence-electron chi connectivity index (χ2n) is 5.66. The maximum atomic E-state index is 14.2. The van der Waals surface area contributed by atoms with Crippen LogP contribution in [0.3, 0.4) is 0 Å². The summed E-state index contributed by atoms with van der Waals surface area (Å²) in [4.78, 5) is 14.3. The SMILES string of the molecule is CC(C)N(C(=O)c1ccc(-n2cccc2)c(F)c1)C(C)C. The number of carbonyl (C=O) groups excluding carboxylic acids is 1. The van der Waals surface area contributed by atoms with Crippen LogP contribution in [-0.2, 0) is 0 Å². The summed E-state index contributed by atoms with van der Waals surface area (Å²) in [6, 6.07) is 8.44. The minimum Gasteiger partial charge on any atom is -0.334 e. The zero-order valence-electron chi connectivity index (χ0n) is 12.9. The summed E-state index contributed by atoms with van der Waals surface area (Å²) in [5.41, 5.74) is 0.822. The van der Waals surface area contributed by atoms with Crippen LogP contribution in [-0.4, -0.2) is 27.5 Å². The van der Waals surface area contributed by atoms with Crippen molar-refractivity contribution in [3.8, 4) is 5.69 Å². The molecule has 3 nitrogen and oxygen atoms in total. The zero-order valence-corrected chi connectivity index (χ0v) is 12.9. The summed E-state index contributed by atoms with van der Waals surface area (Å²) in [6.07, 6.45) is 3.54. The van der Waals surface area contributed by atoms with E-state index in [4.69, 9.17) is 0 Å². The van der Waals surface area contributed by atoms with Crippen molar-refractivity contribution in [2.75, 3.05) is 0 Å². The molecule has 1 heterocycles. The third-order valence-corrected chi connectivity index (χ3v) is 3.42. The lowest BCUT2D eigenvalue weighted by Crippen LogP contribution is -2.42. The summed E-state index contributed by atoms with van der Waals surface area (Å²) in [7, 11) is 0.